The molecule has 122 valence electrons. The molecule has 0 bridgehead atoms. The van der Waals surface area contributed by atoms with Crippen LogP contribution in [-0.2, 0) is 9.59 Å². The molecule has 0 saturated carbocycles. The number of amides is 2. The molecule has 5 heteroatoms. The molecule has 1 aliphatic rings. The van der Waals surface area contributed by atoms with Gasteiger partial charge in [-0.1, -0.05) is 60.7 Å². The lowest BCUT2D eigenvalue weighted by Crippen LogP contribution is -2.68. The minimum absolute atomic E-state index is 0.122. The van der Waals surface area contributed by atoms with Gasteiger partial charge >= 0.3 is 0 Å². The van der Waals surface area contributed by atoms with E-state index in [1.165, 1.54) is 0 Å². The average molecular weight is 322 g/mol. The highest BCUT2D eigenvalue weighted by atomic mass is 16.5. The lowest BCUT2D eigenvalue weighted by atomic mass is 9.97. The number of hydrogen-bond donors (Lipinski definition) is 2. The van der Waals surface area contributed by atoms with Crippen molar-refractivity contribution in [1.82, 2.24) is 10.6 Å². The summed E-state index contributed by atoms with van der Waals surface area (Å²) >= 11 is 0. The predicted octanol–water partition coefficient (Wildman–Crippen LogP) is 1.76. The zero-order chi connectivity index (χ0) is 16.8. The highest BCUT2D eigenvalue weighted by Crippen LogP contribution is 2.11. The first-order chi connectivity index (χ1) is 11.7. The zero-order valence-electron chi connectivity index (χ0n) is 13.0. The molecule has 1 saturated heterocycles. The van der Waals surface area contributed by atoms with Crippen molar-refractivity contribution in [1.29, 1.82) is 0 Å². The second kappa shape index (κ2) is 7.46. The quantitative estimate of drug-likeness (QED) is 0.797. The highest BCUT2D eigenvalue weighted by molar-refractivity contribution is 5.94. The molecular formula is C19H18N2O3. The third-order valence-electron chi connectivity index (χ3n) is 3.68. The molecule has 1 fully saturated rings. The normalized spacial score (nSPS) is 19.4. The largest absolute Gasteiger partial charge is 0.484 e. The molecule has 2 atom stereocenters. The topological polar surface area (TPSA) is 67.4 Å². The summed E-state index contributed by atoms with van der Waals surface area (Å²) in [6.07, 6.45) is 3.80. The summed E-state index contributed by atoms with van der Waals surface area (Å²) in [6.45, 7) is -0.122. The Morgan fingerprint density at radius 3 is 2.42 bits per heavy atom. The maximum absolute atomic E-state index is 11.9. The van der Waals surface area contributed by atoms with Crippen molar-refractivity contribution in [3.8, 4) is 5.75 Å². The van der Waals surface area contributed by atoms with E-state index in [0.29, 0.717) is 5.75 Å². The summed E-state index contributed by atoms with van der Waals surface area (Å²) in [5.41, 5.74) is 1.04. The summed E-state index contributed by atoms with van der Waals surface area (Å²) in [5, 5.41) is 5.46. The average Bonchev–Trinajstić information content (AvgIpc) is 2.63. The van der Waals surface area contributed by atoms with Crippen LogP contribution in [0.5, 0.6) is 5.75 Å². The summed E-state index contributed by atoms with van der Waals surface area (Å²) < 4.78 is 5.38. The van der Waals surface area contributed by atoms with E-state index in [4.69, 9.17) is 4.74 Å². The number of hydrogen-bond acceptors (Lipinski definition) is 3. The molecule has 0 aliphatic carbocycles. The minimum Gasteiger partial charge on any atom is -0.484 e. The number of β-lactam (4-membered cyclic amide) rings is 1. The van der Waals surface area contributed by atoms with Crippen LogP contribution in [0, 0.1) is 0 Å². The monoisotopic (exact) mass is 322 g/mol. The van der Waals surface area contributed by atoms with Gasteiger partial charge in [0.2, 0.25) is 5.91 Å². The summed E-state index contributed by atoms with van der Waals surface area (Å²) in [4.78, 5) is 23.6. The summed E-state index contributed by atoms with van der Waals surface area (Å²) in [6, 6.07) is 18.1. The first-order valence-electron chi connectivity index (χ1n) is 7.73. The Labute approximate surface area is 140 Å². The predicted molar refractivity (Wildman–Crippen MR) is 91.3 cm³/mol. The maximum atomic E-state index is 11.9. The van der Waals surface area contributed by atoms with Gasteiger partial charge in [-0.25, -0.2) is 0 Å². The van der Waals surface area contributed by atoms with E-state index >= 15 is 0 Å². The van der Waals surface area contributed by atoms with Crippen molar-refractivity contribution in [2.24, 2.45) is 0 Å². The van der Waals surface area contributed by atoms with Crippen molar-refractivity contribution in [3.63, 3.8) is 0 Å². The molecule has 0 spiro atoms. The van der Waals surface area contributed by atoms with Gasteiger partial charge in [-0.05, 0) is 17.7 Å². The van der Waals surface area contributed by atoms with Crippen LogP contribution in [0.3, 0.4) is 0 Å². The lowest BCUT2D eigenvalue weighted by Gasteiger charge is -2.35. The van der Waals surface area contributed by atoms with E-state index in [9.17, 15) is 9.59 Å². The first kappa shape index (κ1) is 15.8. The SMILES string of the molecule is O=C(COc1ccccc1)N[C@H]1C(=O)N[C@H]1C=Cc1ccccc1. The van der Waals surface area contributed by atoms with Crippen molar-refractivity contribution in [2.75, 3.05) is 6.61 Å². The number of para-hydroxylation sites is 1. The third kappa shape index (κ3) is 4.01. The molecule has 0 aromatic heterocycles. The van der Waals surface area contributed by atoms with Crippen molar-refractivity contribution < 1.29 is 14.3 Å². The summed E-state index contributed by atoms with van der Waals surface area (Å²) in [7, 11) is 0. The second-order valence-corrected chi connectivity index (χ2v) is 5.45. The molecule has 0 unspecified atom stereocenters. The van der Waals surface area contributed by atoms with Gasteiger partial charge in [0, 0.05) is 0 Å². The molecule has 5 nitrogen and oxygen atoms in total. The number of ether oxygens (including phenoxy) is 1. The Morgan fingerprint density at radius 2 is 1.75 bits per heavy atom. The smallest absolute Gasteiger partial charge is 0.258 e. The van der Waals surface area contributed by atoms with Crippen LogP contribution in [0.25, 0.3) is 6.08 Å². The number of carbonyl (C=O) groups excluding carboxylic acids is 2. The fourth-order valence-corrected chi connectivity index (χ4v) is 2.38. The van der Waals surface area contributed by atoms with Gasteiger partial charge in [-0.15, -0.1) is 0 Å². The molecule has 3 rings (SSSR count). The molecule has 0 radical (unpaired) electrons. The van der Waals surface area contributed by atoms with E-state index in [1.54, 1.807) is 12.1 Å². The highest BCUT2D eigenvalue weighted by Gasteiger charge is 2.38. The second-order valence-electron chi connectivity index (χ2n) is 5.45. The molecule has 2 amide bonds. The number of benzene rings is 2. The Morgan fingerprint density at radius 1 is 1.08 bits per heavy atom. The van der Waals surface area contributed by atoms with E-state index in [0.717, 1.165) is 5.56 Å². The van der Waals surface area contributed by atoms with Gasteiger partial charge in [0.05, 0.1) is 6.04 Å². The van der Waals surface area contributed by atoms with Gasteiger partial charge in [-0.2, -0.15) is 0 Å². The van der Waals surface area contributed by atoms with Crippen LogP contribution in [0.15, 0.2) is 66.7 Å². The van der Waals surface area contributed by atoms with E-state index in [2.05, 4.69) is 10.6 Å². The molecule has 2 aromatic carbocycles. The third-order valence-corrected chi connectivity index (χ3v) is 3.68. The van der Waals surface area contributed by atoms with Crippen LogP contribution in [0.1, 0.15) is 5.56 Å². The minimum atomic E-state index is -0.558. The van der Waals surface area contributed by atoms with Crippen molar-refractivity contribution in [3.05, 3.63) is 72.3 Å². The van der Waals surface area contributed by atoms with Crippen LogP contribution in [-0.4, -0.2) is 30.5 Å². The van der Waals surface area contributed by atoms with Gasteiger partial charge in [-0.3, -0.25) is 9.59 Å². The lowest BCUT2D eigenvalue weighted by molar-refractivity contribution is -0.135. The fourth-order valence-electron chi connectivity index (χ4n) is 2.38. The van der Waals surface area contributed by atoms with Crippen molar-refractivity contribution in [2.45, 2.75) is 12.1 Å². The molecule has 1 heterocycles. The Kier molecular flexibility index (Phi) is 4.91. The van der Waals surface area contributed by atoms with Crippen molar-refractivity contribution >= 4 is 17.9 Å². The summed E-state index contributed by atoms with van der Waals surface area (Å²) in [5.74, 6) is 0.105. The van der Waals surface area contributed by atoms with E-state index < -0.39 is 6.04 Å². The number of rotatable bonds is 6. The van der Waals surface area contributed by atoms with E-state index in [1.807, 2.05) is 60.7 Å². The van der Waals surface area contributed by atoms with Gasteiger partial charge in [0.15, 0.2) is 6.61 Å². The van der Waals surface area contributed by atoms with Crippen LogP contribution >= 0.6 is 0 Å². The molecular weight excluding hydrogens is 304 g/mol. The maximum Gasteiger partial charge on any atom is 0.258 e. The van der Waals surface area contributed by atoms with Gasteiger partial charge < -0.3 is 15.4 Å². The fraction of sp³-hybridized carbons (Fsp3) is 0.158. The number of carbonyl (C=O) groups is 2. The van der Waals surface area contributed by atoms with E-state index in [-0.39, 0.29) is 24.5 Å². The first-order valence-corrected chi connectivity index (χ1v) is 7.73. The standard InChI is InChI=1S/C19H18N2O3/c22-17(13-24-15-9-5-2-6-10-15)21-18-16(20-19(18)23)12-11-14-7-3-1-4-8-14/h1-12,16,18H,13H2,(H,20,23)(H,21,22)/t16-,18+/m0/s1. The Balaban J connectivity index is 1.50. The zero-order valence-corrected chi connectivity index (χ0v) is 13.0. The van der Waals surface area contributed by atoms with Crippen LogP contribution < -0.4 is 15.4 Å². The van der Waals surface area contributed by atoms with Gasteiger partial charge in [0.25, 0.3) is 5.91 Å². The Bertz CT molecular complexity index is 729. The molecule has 2 N–H and O–H groups in total. The number of nitrogens with one attached hydrogen (secondary N) is 2. The molecule has 1 aliphatic heterocycles. The van der Waals surface area contributed by atoms with Gasteiger partial charge in [0.1, 0.15) is 11.8 Å². The molecule has 2 aromatic rings. The Hall–Kier alpha value is -3.08. The molecule has 24 heavy (non-hydrogen) atoms. The van der Waals surface area contributed by atoms with Crippen LogP contribution in [0.4, 0.5) is 0 Å². The van der Waals surface area contributed by atoms with Crippen LogP contribution in [0.2, 0.25) is 0 Å².